The molecule has 5 heteroatoms. The Kier molecular flexibility index (Phi) is 4.74. The van der Waals surface area contributed by atoms with Crippen molar-refractivity contribution in [3.05, 3.63) is 0 Å². The number of hydrogen-bond acceptors (Lipinski definition) is 4. The standard InChI is InChI=1S/C8H17N3O2/c1-13-10-8(12)7-11-5-2-3-9-4-6-11/h9H,2-7H2,1H3,(H,10,12). The molecule has 5 nitrogen and oxygen atoms in total. The minimum atomic E-state index is -0.0793. The number of nitrogens with zero attached hydrogens (tertiary/aromatic N) is 1. The lowest BCUT2D eigenvalue weighted by atomic mass is 10.4. The molecule has 1 saturated heterocycles. The van der Waals surface area contributed by atoms with Crippen LogP contribution in [0.1, 0.15) is 6.42 Å². The molecule has 0 saturated carbocycles. The molecule has 76 valence electrons. The van der Waals surface area contributed by atoms with Gasteiger partial charge in [-0.3, -0.25) is 14.5 Å². The third-order valence-corrected chi connectivity index (χ3v) is 2.02. The second kappa shape index (κ2) is 5.90. The summed E-state index contributed by atoms with van der Waals surface area (Å²) in [5, 5.41) is 3.28. The predicted octanol–water partition coefficient (Wildman–Crippen LogP) is -1.04. The van der Waals surface area contributed by atoms with E-state index >= 15 is 0 Å². The first-order chi connectivity index (χ1) is 6.33. The van der Waals surface area contributed by atoms with Gasteiger partial charge in [0.1, 0.15) is 0 Å². The Bertz CT molecular complexity index is 155. The molecule has 0 unspecified atom stereocenters. The third kappa shape index (κ3) is 4.21. The Morgan fingerprint density at radius 1 is 1.54 bits per heavy atom. The lowest BCUT2D eigenvalue weighted by Gasteiger charge is -2.17. The maximum atomic E-state index is 11.1. The molecular formula is C8H17N3O2. The van der Waals surface area contributed by atoms with Gasteiger partial charge >= 0.3 is 0 Å². The van der Waals surface area contributed by atoms with E-state index in [4.69, 9.17) is 0 Å². The minimum Gasteiger partial charge on any atom is -0.315 e. The summed E-state index contributed by atoms with van der Waals surface area (Å²) in [6.45, 7) is 4.33. The van der Waals surface area contributed by atoms with Gasteiger partial charge in [-0.15, -0.1) is 0 Å². The van der Waals surface area contributed by atoms with E-state index < -0.39 is 0 Å². The van der Waals surface area contributed by atoms with Crippen molar-refractivity contribution in [1.29, 1.82) is 0 Å². The topological polar surface area (TPSA) is 53.6 Å². The number of nitrogens with one attached hydrogen (secondary N) is 2. The summed E-state index contributed by atoms with van der Waals surface area (Å²) < 4.78 is 0. The van der Waals surface area contributed by atoms with E-state index in [9.17, 15) is 4.79 Å². The number of amides is 1. The molecule has 0 spiro atoms. The molecule has 1 aliphatic heterocycles. The summed E-state index contributed by atoms with van der Waals surface area (Å²) in [6, 6.07) is 0. The SMILES string of the molecule is CONC(=O)CN1CCCNCC1. The van der Waals surface area contributed by atoms with E-state index in [1.165, 1.54) is 7.11 Å². The fraction of sp³-hybridized carbons (Fsp3) is 0.875. The lowest BCUT2D eigenvalue weighted by Crippen LogP contribution is -2.38. The Hall–Kier alpha value is -0.650. The van der Waals surface area contributed by atoms with Gasteiger partial charge in [0.05, 0.1) is 13.7 Å². The average molecular weight is 187 g/mol. The Morgan fingerprint density at radius 3 is 3.15 bits per heavy atom. The summed E-state index contributed by atoms with van der Waals surface area (Å²) in [5.74, 6) is -0.0793. The van der Waals surface area contributed by atoms with Crippen LogP contribution in [0.4, 0.5) is 0 Å². The molecule has 0 aromatic heterocycles. The van der Waals surface area contributed by atoms with E-state index in [1.807, 2.05) is 0 Å². The Morgan fingerprint density at radius 2 is 2.38 bits per heavy atom. The van der Waals surface area contributed by atoms with Gasteiger partial charge in [-0.1, -0.05) is 0 Å². The van der Waals surface area contributed by atoms with Crippen molar-refractivity contribution in [2.45, 2.75) is 6.42 Å². The molecule has 1 amide bonds. The summed E-state index contributed by atoms with van der Waals surface area (Å²) >= 11 is 0. The molecule has 2 N–H and O–H groups in total. The van der Waals surface area contributed by atoms with Gasteiger partial charge in [0.25, 0.3) is 5.91 Å². The van der Waals surface area contributed by atoms with Crippen LogP contribution in [0.25, 0.3) is 0 Å². The van der Waals surface area contributed by atoms with Crippen LogP contribution in [-0.4, -0.2) is 50.6 Å². The van der Waals surface area contributed by atoms with Gasteiger partial charge in [0, 0.05) is 13.1 Å². The van der Waals surface area contributed by atoms with Crippen molar-refractivity contribution < 1.29 is 9.63 Å². The summed E-state index contributed by atoms with van der Waals surface area (Å²) in [7, 11) is 1.45. The maximum Gasteiger partial charge on any atom is 0.257 e. The summed E-state index contributed by atoms with van der Waals surface area (Å²) in [6.07, 6.45) is 1.10. The molecule has 0 radical (unpaired) electrons. The number of carbonyl (C=O) groups is 1. The van der Waals surface area contributed by atoms with E-state index in [0.29, 0.717) is 6.54 Å². The quantitative estimate of drug-likeness (QED) is 0.554. The highest BCUT2D eigenvalue weighted by molar-refractivity contribution is 5.76. The molecular weight excluding hydrogens is 170 g/mol. The van der Waals surface area contributed by atoms with E-state index in [0.717, 1.165) is 32.6 Å². The van der Waals surface area contributed by atoms with Crippen LogP contribution < -0.4 is 10.8 Å². The predicted molar refractivity (Wildman–Crippen MR) is 49.1 cm³/mol. The van der Waals surface area contributed by atoms with Crippen molar-refractivity contribution in [3.8, 4) is 0 Å². The van der Waals surface area contributed by atoms with Crippen molar-refractivity contribution in [1.82, 2.24) is 15.7 Å². The van der Waals surface area contributed by atoms with Gasteiger partial charge in [0.2, 0.25) is 0 Å². The zero-order chi connectivity index (χ0) is 9.52. The molecule has 0 aromatic rings. The van der Waals surface area contributed by atoms with Crippen molar-refractivity contribution in [3.63, 3.8) is 0 Å². The monoisotopic (exact) mass is 187 g/mol. The Balaban J connectivity index is 2.21. The van der Waals surface area contributed by atoms with Crippen molar-refractivity contribution in [2.24, 2.45) is 0 Å². The third-order valence-electron chi connectivity index (χ3n) is 2.02. The molecule has 0 aromatic carbocycles. The maximum absolute atomic E-state index is 11.1. The van der Waals surface area contributed by atoms with Crippen LogP contribution in [0.15, 0.2) is 0 Å². The van der Waals surface area contributed by atoms with Gasteiger partial charge in [-0.25, -0.2) is 5.48 Å². The average Bonchev–Trinajstić information content (AvgIpc) is 2.33. The largest absolute Gasteiger partial charge is 0.315 e. The molecule has 0 aliphatic carbocycles. The number of hydrogen-bond donors (Lipinski definition) is 2. The highest BCUT2D eigenvalue weighted by Gasteiger charge is 2.11. The van der Waals surface area contributed by atoms with Gasteiger partial charge in [-0.2, -0.15) is 0 Å². The fourth-order valence-electron chi connectivity index (χ4n) is 1.41. The number of rotatable bonds is 3. The summed E-state index contributed by atoms with van der Waals surface area (Å²) in [5.41, 5.74) is 2.31. The van der Waals surface area contributed by atoms with Gasteiger partial charge in [0.15, 0.2) is 0 Å². The zero-order valence-electron chi connectivity index (χ0n) is 8.01. The second-order valence-corrected chi connectivity index (χ2v) is 3.11. The van der Waals surface area contributed by atoms with E-state index in [2.05, 4.69) is 20.5 Å². The van der Waals surface area contributed by atoms with Crippen molar-refractivity contribution >= 4 is 5.91 Å². The van der Waals surface area contributed by atoms with E-state index in [1.54, 1.807) is 0 Å². The minimum absolute atomic E-state index is 0.0793. The van der Waals surface area contributed by atoms with Crippen LogP contribution in [0.2, 0.25) is 0 Å². The van der Waals surface area contributed by atoms with Crippen LogP contribution in [-0.2, 0) is 9.63 Å². The molecule has 1 heterocycles. The van der Waals surface area contributed by atoms with Gasteiger partial charge < -0.3 is 5.32 Å². The first kappa shape index (κ1) is 10.4. The van der Waals surface area contributed by atoms with Crippen molar-refractivity contribution in [2.75, 3.05) is 39.8 Å². The number of carbonyl (C=O) groups excluding carboxylic acids is 1. The fourth-order valence-corrected chi connectivity index (χ4v) is 1.41. The Labute approximate surface area is 78.4 Å². The van der Waals surface area contributed by atoms with Gasteiger partial charge in [-0.05, 0) is 19.5 Å². The molecule has 1 fully saturated rings. The van der Waals surface area contributed by atoms with Crippen LogP contribution in [0.5, 0.6) is 0 Å². The normalized spacial score (nSPS) is 19.5. The smallest absolute Gasteiger partial charge is 0.257 e. The summed E-state index contributed by atoms with van der Waals surface area (Å²) in [4.78, 5) is 17.8. The molecule has 0 bridgehead atoms. The van der Waals surface area contributed by atoms with Crippen LogP contribution in [0, 0.1) is 0 Å². The molecule has 1 aliphatic rings. The first-order valence-electron chi connectivity index (χ1n) is 4.58. The first-order valence-corrected chi connectivity index (χ1v) is 4.58. The zero-order valence-corrected chi connectivity index (χ0v) is 8.01. The molecule has 13 heavy (non-hydrogen) atoms. The molecule has 1 rings (SSSR count). The molecule has 0 atom stereocenters. The van der Waals surface area contributed by atoms with Crippen LogP contribution >= 0.6 is 0 Å². The highest BCUT2D eigenvalue weighted by Crippen LogP contribution is 1.93. The second-order valence-electron chi connectivity index (χ2n) is 3.11. The van der Waals surface area contributed by atoms with Crippen LogP contribution in [0.3, 0.4) is 0 Å². The van der Waals surface area contributed by atoms with E-state index in [-0.39, 0.29) is 5.91 Å². The lowest BCUT2D eigenvalue weighted by molar-refractivity contribution is -0.132. The number of hydroxylamine groups is 1. The highest BCUT2D eigenvalue weighted by atomic mass is 16.6.